The Balaban J connectivity index is 2.54. The Morgan fingerprint density at radius 1 is 1.75 bits per heavy atom. The molecular weight excluding hydrogens is 112 g/mol. The summed E-state index contributed by atoms with van der Waals surface area (Å²) in [6, 6.07) is 0. The van der Waals surface area contributed by atoms with E-state index < -0.39 is 12.4 Å². The van der Waals surface area contributed by atoms with Crippen molar-refractivity contribution in [1.82, 2.24) is 0 Å². The summed E-state index contributed by atoms with van der Waals surface area (Å²) in [4.78, 5) is 10.0. The van der Waals surface area contributed by atoms with Crippen LogP contribution in [0.25, 0.3) is 0 Å². The predicted molar refractivity (Wildman–Crippen MR) is 22.7 cm³/mol. The van der Waals surface area contributed by atoms with Crippen LogP contribution in [0.3, 0.4) is 0 Å². The van der Waals surface area contributed by atoms with Gasteiger partial charge in [-0.05, 0) is 0 Å². The van der Waals surface area contributed by atoms with Crippen molar-refractivity contribution in [2.24, 2.45) is 0 Å². The Kier molecular flexibility index (Phi) is 1.17. The van der Waals surface area contributed by atoms with Crippen molar-refractivity contribution >= 4 is 6.16 Å². The molecular formula is C4H4O4. The lowest BCUT2D eigenvalue weighted by Crippen LogP contribution is -2.18. The zero-order valence-electron chi connectivity index (χ0n) is 3.90. The number of hydrogen-bond acceptors (Lipinski definition) is 4. The number of hydrogen-bond donors (Lipinski definition) is 1. The zero-order chi connectivity index (χ0) is 5.98. The molecule has 1 heterocycles. The molecule has 44 valence electrons. The van der Waals surface area contributed by atoms with Crippen LogP contribution in [0, 0.1) is 0 Å². The number of cyclic esters (lactones) is 2. The van der Waals surface area contributed by atoms with E-state index in [9.17, 15) is 4.79 Å². The summed E-state index contributed by atoms with van der Waals surface area (Å²) >= 11 is 0. The molecule has 0 fully saturated rings. The molecule has 0 saturated heterocycles. The molecule has 0 aromatic heterocycles. The fraction of sp³-hybridized carbons (Fsp3) is 0.250. The molecule has 4 heteroatoms. The largest absolute Gasteiger partial charge is 0.515 e. The van der Waals surface area contributed by atoms with Gasteiger partial charge >= 0.3 is 6.16 Å². The maximum Gasteiger partial charge on any atom is 0.515 e. The highest BCUT2D eigenvalue weighted by atomic mass is 16.8. The molecule has 1 rings (SSSR count). The Morgan fingerprint density at radius 3 is 2.88 bits per heavy atom. The third-order valence-electron chi connectivity index (χ3n) is 0.624. The van der Waals surface area contributed by atoms with Crippen LogP contribution in [-0.2, 0) is 9.47 Å². The summed E-state index contributed by atoms with van der Waals surface area (Å²) < 4.78 is 8.24. The fourth-order valence-corrected chi connectivity index (χ4v) is 0.328. The lowest BCUT2D eigenvalue weighted by Gasteiger charge is -2.09. The average molecular weight is 116 g/mol. The van der Waals surface area contributed by atoms with E-state index in [-0.39, 0.29) is 0 Å². The number of carbonyl (C=O) groups is 1. The lowest BCUT2D eigenvalue weighted by molar-refractivity contribution is -0.0533. The van der Waals surface area contributed by atoms with Gasteiger partial charge in [-0.25, -0.2) is 4.79 Å². The summed E-state index contributed by atoms with van der Waals surface area (Å²) in [6.07, 6.45) is 0.272. The van der Waals surface area contributed by atoms with Crippen LogP contribution < -0.4 is 0 Å². The topological polar surface area (TPSA) is 55.8 Å². The number of rotatable bonds is 0. The molecule has 8 heavy (non-hydrogen) atoms. The Labute approximate surface area is 45.3 Å². The third-order valence-corrected chi connectivity index (χ3v) is 0.624. The highest BCUT2D eigenvalue weighted by molar-refractivity contribution is 5.61. The van der Waals surface area contributed by atoms with Crippen molar-refractivity contribution in [2.45, 2.75) is 6.29 Å². The van der Waals surface area contributed by atoms with Gasteiger partial charge in [0.2, 0.25) is 6.29 Å². The van der Waals surface area contributed by atoms with Crippen molar-refractivity contribution in [1.29, 1.82) is 0 Å². The van der Waals surface area contributed by atoms with Crippen LogP contribution in [0.2, 0.25) is 0 Å². The van der Waals surface area contributed by atoms with Crippen molar-refractivity contribution in [3.8, 4) is 0 Å². The van der Waals surface area contributed by atoms with Gasteiger partial charge in [-0.15, -0.1) is 0 Å². The second kappa shape index (κ2) is 1.83. The van der Waals surface area contributed by atoms with Crippen molar-refractivity contribution in [3.05, 3.63) is 12.3 Å². The maximum atomic E-state index is 10.0. The first-order chi connectivity index (χ1) is 3.79. The standard InChI is InChI=1S/C4H4O4/c5-3-1-2-7-4(6)8-3/h1-3,5H. The van der Waals surface area contributed by atoms with E-state index in [0.717, 1.165) is 6.26 Å². The molecule has 0 saturated carbocycles. The Hall–Kier alpha value is -1.03. The Bertz CT molecular complexity index is 128. The highest BCUT2D eigenvalue weighted by Crippen LogP contribution is 1.99. The molecule has 1 atom stereocenters. The van der Waals surface area contributed by atoms with Gasteiger partial charge in [0.05, 0.1) is 0 Å². The van der Waals surface area contributed by atoms with Crippen LogP contribution in [0.4, 0.5) is 4.79 Å². The van der Waals surface area contributed by atoms with E-state index in [1.54, 1.807) is 0 Å². The van der Waals surface area contributed by atoms with Gasteiger partial charge in [0, 0.05) is 6.08 Å². The fourth-order valence-electron chi connectivity index (χ4n) is 0.328. The van der Waals surface area contributed by atoms with Gasteiger partial charge in [0.1, 0.15) is 6.26 Å². The first-order valence-corrected chi connectivity index (χ1v) is 2.01. The van der Waals surface area contributed by atoms with Crippen LogP contribution in [0.15, 0.2) is 12.3 Å². The maximum absolute atomic E-state index is 10.0. The smallest absolute Gasteiger partial charge is 0.403 e. The molecule has 0 aliphatic carbocycles. The second-order valence-corrected chi connectivity index (χ2v) is 1.20. The van der Waals surface area contributed by atoms with Gasteiger partial charge < -0.3 is 14.6 Å². The minimum absolute atomic E-state index is 0.875. The summed E-state index contributed by atoms with van der Waals surface area (Å²) in [5, 5.41) is 8.47. The number of ether oxygens (including phenoxy) is 2. The lowest BCUT2D eigenvalue weighted by atomic mass is 10.6. The van der Waals surface area contributed by atoms with Crippen LogP contribution in [0.1, 0.15) is 0 Å². The molecule has 0 aromatic carbocycles. The SMILES string of the molecule is O=C1OC=CC(O)O1. The molecule has 1 N–H and O–H groups in total. The quantitative estimate of drug-likeness (QED) is 0.452. The third kappa shape index (κ3) is 0.974. The highest BCUT2D eigenvalue weighted by Gasteiger charge is 2.12. The molecule has 1 aliphatic heterocycles. The molecule has 1 aliphatic rings. The molecule has 0 aromatic rings. The Morgan fingerprint density at radius 2 is 2.50 bits per heavy atom. The normalized spacial score (nSPS) is 26.6. The van der Waals surface area contributed by atoms with Gasteiger partial charge in [-0.2, -0.15) is 0 Å². The number of aliphatic hydroxyl groups is 1. The summed E-state index contributed by atoms with van der Waals surface area (Å²) in [7, 11) is 0. The summed E-state index contributed by atoms with van der Waals surface area (Å²) in [5.41, 5.74) is 0. The van der Waals surface area contributed by atoms with Gasteiger partial charge in [-0.3, -0.25) is 0 Å². The summed E-state index contributed by atoms with van der Waals surface area (Å²) in [6.45, 7) is 0. The van der Waals surface area contributed by atoms with Crippen LogP contribution in [-0.4, -0.2) is 17.6 Å². The van der Waals surface area contributed by atoms with Crippen LogP contribution in [0.5, 0.6) is 0 Å². The van der Waals surface area contributed by atoms with E-state index in [2.05, 4.69) is 9.47 Å². The molecule has 0 bridgehead atoms. The second-order valence-electron chi connectivity index (χ2n) is 1.20. The molecule has 0 amide bonds. The summed E-state index contributed by atoms with van der Waals surface area (Å²) in [5.74, 6) is 0. The minimum atomic E-state index is -1.14. The van der Waals surface area contributed by atoms with Crippen molar-refractivity contribution in [3.63, 3.8) is 0 Å². The monoisotopic (exact) mass is 116 g/mol. The van der Waals surface area contributed by atoms with E-state index >= 15 is 0 Å². The van der Waals surface area contributed by atoms with Crippen molar-refractivity contribution < 1.29 is 19.4 Å². The average Bonchev–Trinajstić information content (AvgIpc) is 1.64. The first kappa shape index (κ1) is 5.11. The van der Waals surface area contributed by atoms with Crippen LogP contribution >= 0.6 is 0 Å². The molecule has 0 spiro atoms. The molecule has 1 unspecified atom stereocenters. The van der Waals surface area contributed by atoms with Crippen molar-refractivity contribution in [2.75, 3.05) is 0 Å². The van der Waals surface area contributed by atoms with E-state index in [1.807, 2.05) is 0 Å². The first-order valence-electron chi connectivity index (χ1n) is 2.01. The van der Waals surface area contributed by atoms with Gasteiger partial charge in [0.15, 0.2) is 0 Å². The minimum Gasteiger partial charge on any atom is -0.403 e. The predicted octanol–water partition coefficient (Wildman–Crippen LogP) is -0.0147. The number of aliphatic hydroxyl groups excluding tert-OH is 1. The molecule has 0 radical (unpaired) electrons. The van der Waals surface area contributed by atoms with E-state index in [0.29, 0.717) is 0 Å². The molecule has 4 nitrogen and oxygen atoms in total. The zero-order valence-corrected chi connectivity index (χ0v) is 3.90. The number of carbonyl (C=O) groups excluding carboxylic acids is 1. The van der Waals surface area contributed by atoms with E-state index in [4.69, 9.17) is 5.11 Å². The van der Waals surface area contributed by atoms with Gasteiger partial charge in [-0.1, -0.05) is 0 Å². The van der Waals surface area contributed by atoms with E-state index in [1.165, 1.54) is 6.08 Å². The van der Waals surface area contributed by atoms with Gasteiger partial charge in [0.25, 0.3) is 0 Å².